The van der Waals surface area contributed by atoms with Gasteiger partial charge in [0.05, 0.1) is 12.3 Å². The van der Waals surface area contributed by atoms with Gasteiger partial charge in [-0.3, -0.25) is 9.69 Å². The standard InChI is InChI=1S/C15H17N3O2/c1-3-20-13-8-7-11(10-12(13)16)15(19)18(2)14-6-4-5-9-17-14/h4-10H,3,16H2,1-2H3. The Morgan fingerprint density at radius 1 is 1.35 bits per heavy atom. The molecule has 0 radical (unpaired) electrons. The summed E-state index contributed by atoms with van der Waals surface area (Å²) < 4.78 is 5.35. The van der Waals surface area contributed by atoms with E-state index in [2.05, 4.69) is 4.98 Å². The van der Waals surface area contributed by atoms with Crippen LogP contribution in [0.1, 0.15) is 17.3 Å². The van der Waals surface area contributed by atoms with Gasteiger partial charge in [-0.15, -0.1) is 0 Å². The lowest BCUT2D eigenvalue weighted by atomic mass is 10.1. The molecule has 1 heterocycles. The van der Waals surface area contributed by atoms with Crippen LogP contribution in [0.3, 0.4) is 0 Å². The molecule has 0 aliphatic carbocycles. The molecule has 0 spiro atoms. The molecule has 1 aromatic heterocycles. The van der Waals surface area contributed by atoms with Gasteiger partial charge in [0, 0.05) is 18.8 Å². The molecule has 20 heavy (non-hydrogen) atoms. The first-order valence-corrected chi connectivity index (χ1v) is 6.35. The number of carbonyl (C=O) groups is 1. The molecule has 0 aliphatic heterocycles. The second-order valence-corrected chi connectivity index (χ2v) is 4.24. The van der Waals surface area contributed by atoms with E-state index in [1.54, 1.807) is 43.6 Å². The van der Waals surface area contributed by atoms with Gasteiger partial charge in [-0.25, -0.2) is 4.98 Å². The predicted octanol–water partition coefficient (Wildman–Crippen LogP) is 2.34. The summed E-state index contributed by atoms with van der Waals surface area (Å²) in [6.07, 6.45) is 1.64. The molecule has 0 aliphatic rings. The van der Waals surface area contributed by atoms with Gasteiger partial charge in [0.2, 0.25) is 0 Å². The van der Waals surface area contributed by atoms with E-state index in [0.717, 1.165) is 0 Å². The summed E-state index contributed by atoms with van der Waals surface area (Å²) >= 11 is 0. The zero-order chi connectivity index (χ0) is 14.5. The van der Waals surface area contributed by atoms with Gasteiger partial charge < -0.3 is 10.5 Å². The number of carbonyl (C=O) groups excluding carboxylic acids is 1. The largest absolute Gasteiger partial charge is 0.492 e. The van der Waals surface area contributed by atoms with Crippen LogP contribution < -0.4 is 15.4 Å². The van der Waals surface area contributed by atoms with Crippen molar-refractivity contribution >= 4 is 17.4 Å². The Hall–Kier alpha value is -2.56. The number of hydrogen-bond donors (Lipinski definition) is 1. The summed E-state index contributed by atoms with van der Waals surface area (Å²) in [5, 5.41) is 0. The summed E-state index contributed by atoms with van der Waals surface area (Å²) in [4.78, 5) is 18.0. The van der Waals surface area contributed by atoms with Crippen molar-refractivity contribution in [2.24, 2.45) is 0 Å². The van der Waals surface area contributed by atoms with Crippen molar-refractivity contribution in [1.29, 1.82) is 0 Å². The molecule has 2 N–H and O–H groups in total. The number of amides is 1. The zero-order valence-electron chi connectivity index (χ0n) is 11.5. The lowest BCUT2D eigenvalue weighted by Gasteiger charge is -2.16. The number of nitrogen functional groups attached to an aromatic ring is 1. The molecule has 5 nitrogen and oxygen atoms in total. The highest BCUT2D eigenvalue weighted by Crippen LogP contribution is 2.23. The highest BCUT2D eigenvalue weighted by molar-refractivity contribution is 6.05. The second kappa shape index (κ2) is 6.06. The van der Waals surface area contributed by atoms with E-state index >= 15 is 0 Å². The van der Waals surface area contributed by atoms with Crippen molar-refractivity contribution in [3.63, 3.8) is 0 Å². The van der Waals surface area contributed by atoms with E-state index in [-0.39, 0.29) is 5.91 Å². The molecule has 2 aromatic rings. The van der Waals surface area contributed by atoms with Gasteiger partial charge in [0.25, 0.3) is 5.91 Å². The molecule has 2 rings (SSSR count). The van der Waals surface area contributed by atoms with Crippen molar-refractivity contribution in [3.05, 3.63) is 48.2 Å². The van der Waals surface area contributed by atoms with Gasteiger partial charge in [0.1, 0.15) is 11.6 Å². The molecule has 1 amide bonds. The first-order valence-electron chi connectivity index (χ1n) is 6.35. The first-order chi connectivity index (χ1) is 9.63. The third-order valence-corrected chi connectivity index (χ3v) is 2.85. The SMILES string of the molecule is CCOc1ccc(C(=O)N(C)c2ccccn2)cc1N. The van der Waals surface area contributed by atoms with Gasteiger partial charge in [-0.05, 0) is 37.3 Å². The number of anilines is 2. The van der Waals surface area contributed by atoms with Crippen LogP contribution in [0.25, 0.3) is 0 Å². The highest BCUT2D eigenvalue weighted by atomic mass is 16.5. The van der Waals surface area contributed by atoms with Crippen LogP contribution in [0.5, 0.6) is 5.75 Å². The molecular weight excluding hydrogens is 254 g/mol. The molecular formula is C15H17N3O2. The van der Waals surface area contributed by atoms with E-state index in [1.807, 2.05) is 13.0 Å². The number of hydrogen-bond acceptors (Lipinski definition) is 4. The Labute approximate surface area is 118 Å². The first kappa shape index (κ1) is 13.9. The predicted molar refractivity (Wildman–Crippen MR) is 79.0 cm³/mol. The van der Waals surface area contributed by atoms with Crippen LogP contribution in [-0.4, -0.2) is 24.5 Å². The van der Waals surface area contributed by atoms with E-state index < -0.39 is 0 Å². The lowest BCUT2D eigenvalue weighted by Crippen LogP contribution is -2.27. The number of nitrogens with zero attached hydrogens (tertiary/aromatic N) is 2. The summed E-state index contributed by atoms with van der Waals surface area (Å²) in [5.74, 6) is 1.01. The minimum atomic E-state index is -0.168. The average molecular weight is 271 g/mol. The normalized spacial score (nSPS) is 10.1. The molecule has 0 fully saturated rings. The molecule has 0 saturated heterocycles. The number of ether oxygens (including phenoxy) is 1. The monoisotopic (exact) mass is 271 g/mol. The Morgan fingerprint density at radius 3 is 2.75 bits per heavy atom. The van der Waals surface area contributed by atoms with E-state index in [4.69, 9.17) is 10.5 Å². The van der Waals surface area contributed by atoms with Crippen molar-refractivity contribution in [1.82, 2.24) is 4.98 Å². The second-order valence-electron chi connectivity index (χ2n) is 4.24. The van der Waals surface area contributed by atoms with Crippen molar-refractivity contribution in [2.75, 3.05) is 24.3 Å². The number of aromatic nitrogens is 1. The van der Waals surface area contributed by atoms with Crippen LogP contribution in [0.2, 0.25) is 0 Å². The number of nitrogens with two attached hydrogens (primary N) is 1. The number of pyridine rings is 1. The topological polar surface area (TPSA) is 68.5 Å². The van der Waals surface area contributed by atoms with Gasteiger partial charge in [0.15, 0.2) is 0 Å². The Bertz CT molecular complexity index is 599. The van der Waals surface area contributed by atoms with Crippen molar-refractivity contribution in [3.8, 4) is 5.75 Å². The lowest BCUT2D eigenvalue weighted by molar-refractivity contribution is 0.0992. The average Bonchev–Trinajstić information content (AvgIpc) is 2.49. The number of rotatable bonds is 4. The quantitative estimate of drug-likeness (QED) is 0.867. The Morgan fingerprint density at radius 2 is 2.15 bits per heavy atom. The third kappa shape index (κ3) is 2.88. The van der Waals surface area contributed by atoms with Crippen molar-refractivity contribution < 1.29 is 9.53 Å². The summed E-state index contributed by atoms with van der Waals surface area (Å²) in [5.41, 5.74) is 6.82. The van der Waals surface area contributed by atoms with E-state index in [1.165, 1.54) is 4.90 Å². The fourth-order valence-corrected chi connectivity index (χ4v) is 1.82. The molecule has 0 bridgehead atoms. The fraction of sp³-hybridized carbons (Fsp3) is 0.200. The van der Waals surface area contributed by atoms with E-state index in [0.29, 0.717) is 29.4 Å². The molecule has 5 heteroatoms. The summed E-state index contributed by atoms with van der Waals surface area (Å²) in [7, 11) is 1.68. The summed E-state index contributed by atoms with van der Waals surface area (Å²) in [6, 6.07) is 10.4. The smallest absolute Gasteiger partial charge is 0.259 e. The minimum absolute atomic E-state index is 0.168. The van der Waals surface area contributed by atoms with E-state index in [9.17, 15) is 4.79 Å². The maximum absolute atomic E-state index is 12.4. The zero-order valence-corrected chi connectivity index (χ0v) is 11.5. The van der Waals surface area contributed by atoms with Crippen molar-refractivity contribution in [2.45, 2.75) is 6.92 Å². The van der Waals surface area contributed by atoms with Crippen LogP contribution >= 0.6 is 0 Å². The van der Waals surface area contributed by atoms with Gasteiger partial charge in [-0.2, -0.15) is 0 Å². The van der Waals surface area contributed by atoms with Crippen LogP contribution in [0.4, 0.5) is 11.5 Å². The maximum atomic E-state index is 12.4. The van der Waals surface area contributed by atoms with Gasteiger partial charge in [-0.1, -0.05) is 6.07 Å². The Kier molecular flexibility index (Phi) is 4.20. The minimum Gasteiger partial charge on any atom is -0.492 e. The molecule has 0 atom stereocenters. The fourth-order valence-electron chi connectivity index (χ4n) is 1.82. The third-order valence-electron chi connectivity index (χ3n) is 2.85. The van der Waals surface area contributed by atoms with Crippen LogP contribution in [-0.2, 0) is 0 Å². The molecule has 104 valence electrons. The van der Waals surface area contributed by atoms with Gasteiger partial charge >= 0.3 is 0 Å². The molecule has 1 aromatic carbocycles. The van der Waals surface area contributed by atoms with Crippen LogP contribution in [0, 0.1) is 0 Å². The number of benzene rings is 1. The molecule has 0 saturated carbocycles. The Balaban J connectivity index is 2.23. The van der Waals surface area contributed by atoms with Crippen LogP contribution in [0.15, 0.2) is 42.6 Å². The summed E-state index contributed by atoms with van der Waals surface area (Å²) in [6.45, 7) is 2.42. The highest BCUT2D eigenvalue weighted by Gasteiger charge is 2.15. The maximum Gasteiger partial charge on any atom is 0.259 e. The molecule has 0 unspecified atom stereocenters.